The summed E-state index contributed by atoms with van der Waals surface area (Å²) < 4.78 is 5.18. The molecule has 0 saturated carbocycles. The molecule has 3 N–H and O–H groups in total. The fraction of sp³-hybridized carbons (Fsp3) is 0.500. The Morgan fingerprint density at radius 1 is 1.23 bits per heavy atom. The molecular weight excluding hydrogens is 282 g/mol. The number of hydrogen-bond donors (Lipinski definition) is 3. The van der Waals surface area contributed by atoms with Crippen LogP contribution in [0.3, 0.4) is 0 Å². The van der Waals surface area contributed by atoms with Crippen molar-refractivity contribution in [1.82, 2.24) is 10.6 Å². The number of ether oxygens (including phenoxy) is 1. The molecule has 1 unspecified atom stereocenters. The summed E-state index contributed by atoms with van der Waals surface area (Å²) in [6.45, 7) is 3.68. The summed E-state index contributed by atoms with van der Waals surface area (Å²) in [4.78, 5) is 24.3. The van der Waals surface area contributed by atoms with Crippen LogP contribution >= 0.6 is 0 Å². The monoisotopic (exact) mass is 308 g/mol. The van der Waals surface area contributed by atoms with E-state index in [0.717, 1.165) is 22.6 Å². The van der Waals surface area contributed by atoms with Crippen molar-refractivity contribution < 1.29 is 19.2 Å². The average Bonchev–Trinajstić information content (AvgIpc) is 2.50. The Bertz CT molecular complexity index is 491. The average molecular weight is 308 g/mol. The van der Waals surface area contributed by atoms with E-state index in [2.05, 4.69) is 10.6 Å². The smallest absolute Gasteiger partial charge is 0.275 e. The van der Waals surface area contributed by atoms with Crippen LogP contribution in [0, 0.1) is 0 Å². The highest BCUT2D eigenvalue weighted by Crippen LogP contribution is 2.11. The third-order valence-corrected chi connectivity index (χ3v) is 3.12. The summed E-state index contributed by atoms with van der Waals surface area (Å²) in [5, 5.41) is 5.35. The number of benzene rings is 1. The largest absolute Gasteiger partial charge is 0.497 e. The van der Waals surface area contributed by atoms with E-state index >= 15 is 0 Å². The second-order valence-corrected chi connectivity index (χ2v) is 5.29. The number of nitrogens with one attached hydrogen (secondary N) is 3. The molecule has 0 radical (unpaired) electrons. The summed E-state index contributed by atoms with van der Waals surface area (Å²) >= 11 is 0. The number of amides is 2. The quantitative estimate of drug-likeness (QED) is 0.568. The first-order chi connectivity index (χ1) is 10.5. The second kappa shape index (κ2) is 9.78. The van der Waals surface area contributed by atoms with Crippen LogP contribution in [0.1, 0.15) is 18.9 Å². The minimum atomic E-state index is -0.152. The van der Waals surface area contributed by atoms with Crippen molar-refractivity contribution in [2.75, 3.05) is 33.8 Å². The SMILES string of the molecule is CCCNC(=O)CNC(=O)C[NH+](C)Cc1cccc(OC)c1. The van der Waals surface area contributed by atoms with Crippen molar-refractivity contribution in [2.45, 2.75) is 19.9 Å². The molecule has 0 aliphatic heterocycles. The number of carbonyl (C=O) groups excluding carboxylic acids is 2. The van der Waals surface area contributed by atoms with E-state index in [0.29, 0.717) is 19.6 Å². The molecule has 122 valence electrons. The molecule has 1 aromatic rings. The number of quaternary nitrogens is 1. The lowest BCUT2D eigenvalue weighted by Gasteiger charge is -2.14. The van der Waals surface area contributed by atoms with Crippen molar-refractivity contribution in [2.24, 2.45) is 0 Å². The van der Waals surface area contributed by atoms with Crippen LogP contribution in [0.25, 0.3) is 0 Å². The Morgan fingerprint density at radius 3 is 2.68 bits per heavy atom. The van der Waals surface area contributed by atoms with E-state index in [1.165, 1.54) is 0 Å². The lowest BCUT2D eigenvalue weighted by atomic mass is 10.2. The zero-order chi connectivity index (χ0) is 16.4. The molecule has 1 atom stereocenters. The zero-order valence-corrected chi connectivity index (χ0v) is 13.6. The highest BCUT2D eigenvalue weighted by atomic mass is 16.5. The van der Waals surface area contributed by atoms with Gasteiger partial charge in [0.25, 0.3) is 5.91 Å². The Balaban J connectivity index is 2.33. The lowest BCUT2D eigenvalue weighted by molar-refractivity contribution is -0.885. The molecule has 0 saturated heterocycles. The minimum absolute atomic E-state index is 0.0330. The fourth-order valence-electron chi connectivity index (χ4n) is 2.04. The third-order valence-electron chi connectivity index (χ3n) is 3.12. The summed E-state index contributed by atoms with van der Waals surface area (Å²) in [6.07, 6.45) is 0.882. The van der Waals surface area contributed by atoms with E-state index in [-0.39, 0.29) is 18.4 Å². The van der Waals surface area contributed by atoms with Gasteiger partial charge < -0.3 is 20.3 Å². The van der Waals surface area contributed by atoms with Crippen LogP contribution in [0.4, 0.5) is 0 Å². The van der Waals surface area contributed by atoms with Gasteiger partial charge in [-0.3, -0.25) is 9.59 Å². The van der Waals surface area contributed by atoms with Crippen LogP contribution in [-0.2, 0) is 16.1 Å². The Kier molecular flexibility index (Phi) is 7.99. The van der Waals surface area contributed by atoms with Gasteiger partial charge in [0.05, 0.1) is 20.7 Å². The third kappa shape index (κ3) is 7.08. The van der Waals surface area contributed by atoms with Crippen LogP contribution < -0.4 is 20.3 Å². The van der Waals surface area contributed by atoms with E-state index in [1.54, 1.807) is 7.11 Å². The summed E-state index contributed by atoms with van der Waals surface area (Å²) in [6, 6.07) is 7.78. The van der Waals surface area contributed by atoms with Gasteiger partial charge in [-0.15, -0.1) is 0 Å². The molecule has 0 bridgehead atoms. The first-order valence-electron chi connectivity index (χ1n) is 7.52. The topological polar surface area (TPSA) is 71.9 Å². The van der Waals surface area contributed by atoms with Crippen molar-refractivity contribution in [3.05, 3.63) is 29.8 Å². The van der Waals surface area contributed by atoms with E-state index in [9.17, 15) is 9.59 Å². The van der Waals surface area contributed by atoms with Crippen molar-refractivity contribution in [1.29, 1.82) is 0 Å². The maximum Gasteiger partial charge on any atom is 0.275 e. The van der Waals surface area contributed by atoms with Gasteiger partial charge in [0.15, 0.2) is 6.54 Å². The fourth-order valence-corrected chi connectivity index (χ4v) is 2.04. The van der Waals surface area contributed by atoms with Gasteiger partial charge in [-0.1, -0.05) is 19.1 Å². The second-order valence-electron chi connectivity index (χ2n) is 5.29. The molecule has 6 nitrogen and oxygen atoms in total. The standard InChI is InChI=1S/C16H25N3O3/c1-4-8-17-15(20)10-18-16(21)12-19(2)11-13-6-5-7-14(9-13)22-3/h5-7,9H,4,8,10-12H2,1-3H3,(H,17,20)(H,18,21)/p+1. The summed E-state index contributed by atoms with van der Waals surface area (Å²) in [7, 11) is 3.57. The molecule has 0 heterocycles. The van der Waals surface area contributed by atoms with Gasteiger partial charge in [0, 0.05) is 12.1 Å². The molecule has 0 fully saturated rings. The van der Waals surface area contributed by atoms with Gasteiger partial charge in [0.2, 0.25) is 5.91 Å². The minimum Gasteiger partial charge on any atom is -0.497 e. The number of hydrogen-bond acceptors (Lipinski definition) is 3. The predicted octanol–water partition coefficient (Wildman–Crippen LogP) is -0.648. The Labute approximate surface area is 131 Å². The van der Waals surface area contributed by atoms with Crippen molar-refractivity contribution in [3.8, 4) is 5.75 Å². The molecule has 22 heavy (non-hydrogen) atoms. The molecule has 6 heteroatoms. The Hall–Kier alpha value is -2.08. The van der Waals surface area contributed by atoms with E-state index < -0.39 is 0 Å². The number of rotatable bonds is 9. The molecular formula is C16H26N3O3+. The highest BCUT2D eigenvalue weighted by Gasteiger charge is 2.12. The zero-order valence-electron chi connectivity index (χ0n) is 13.6. The van der Waals surface area contributed by atoms with Crippen LogP contribution in [-0.4, -0.2) is 45.6 Å². The molecule has 1 rings (SSSR count). The van der Waals surface area contributed by atoms with E-state index in [1.807, 2.05) is 38.2 Å². The van der Waals surface area contributed by atoms with Crippen molar-refractivity contribution >= 4 is 11.8 Å². The van der Waals surface area contributed by atoms with Crippen molar-refractivity contribution in [3.63, 3.8) is 0 Å². The first kappa shape index (κ1) is 18.0. The van der Waals surface area contributed by atoms with E-state index in [4.69, 9.17) is 4.74 Å². The molecule has 2 amide bonds. The van der Waals surface area contributed by atoms with Gasteiger partial charge >= 0.3 is 0 Å². The summed E-state index contributed by atoms with van der Waals surface area (Å²) in [5.41, 5.74) is 1.10. The first-order valence-corrected chi connectivity index (χ1v) is 7.52. The molecule has 0 aliphatic rings. The van der Waals surface area contributed by atoms with Crippen LogP contribution in [0.2, 0.25) is 0 Å². The van der Waals surface area contributed by atoms with Gasteiger partial charge in [-0.2, -0.15) is 0 Å². The molecule has 0 aromatic heterocycles. The van der Waals surface area contributed by atoms with Gasteiger partial charge in [-0.25, -0.2) is 0 Å². The van der Waals surface area contributed by atoms with Crippen LogP contribution in [0.5, 0.6) is 5.75 Å². The normalized spacial score (nSPS) is 11.6. The molecule has 0 aliphatic carbocycles. The number of likely N-dealkylation sites (N-methyl/N-ethyl adjacent to an activating group) is 1. The number of methoxy groups -OCH3 is 1. The maximum atomic E-state index is 11.8. The molecule has 1 aromatic carbocycles. The number of carbonyl (C=O) groups is 2. The maximum absolute atomic E-state index is 11.8. The molecule has 0 spiro atoms. The Morgan fingerprint density at radius 2 is 2.00 bits per heavy atom. The predicted molar refractivity (Wildman–Crippen MR) is 84.8 cm³/mol. The lowest BCUT2D eigenvalue weighted by Crippen LogP contribution is -3.08. The van der Waals surface area contributed by atoms with Crippen LogP contribution in [0.15, 0.2) is 24.3 Å². The highest BCUT2D eigenvalue weighted by molar-refractivity contribution is 5.84. The van der Waals surface area contributed by atoms with Gasteiger partial charge in [0.1, 0.15) is 12.3 Å². The van der Waals surface area contributed by atoms with Gasteiger partial charge in [-0.05, 0) is 18.6 Å². The summed E-state index contributed by atoms with van der Waals surface area (Å²) in [5.74, 6) is 0.523.